The zero-order valence-corrected chi connectivity index (χ0v) is 12.5. The van der Waals surface area contributed by atoms with Crippen molar-refractivity contribution >= 4 is 33.3 Å². The maximum Gasteiger partial charge on any atom is 0.237 e. The molecule has 0 bridgehead atoms. The Morgan fingerprint density at radius 1 is 1.35 bits per heavy atom. The van der Waals surface area contributed by atoms with Crippen molar-refractivity contribution < 1.29 is 4.79 Å². The van der Waals surface area contributed by atoms with Crippen LogP contribution in [0.3, 0.4) is 0 Å². The van der Waals surface area contributed by atoms with E-state index in [-0.39, 0.29) is 11.8 Å². The highest BCUT2D eigenvalue weighted by atomic mass is 32.1. The van der Waals surface area contributed by atoms with Crippen molar-refractivity contribution in [3.8, 4) is 0 Å². The summed E-state index contributed by atoms with van der Waals surface area (Å²) in [5.74, 6) is 0.906. The predicted molar refractivity (Wildman–Crippen MR) is 83.9 cm³/mol. The minimum atomic E-state index is -0.449. The molecule has 0 aliphatic carbocycles. The molecule has 1 atom stereocenters. The summed E-state index contributed by atoms with van der Waals surface area (Å²) in [7, 11) is 0. The number of amides is 1. The summed E-state index contributed by atoms with van der Waals surface area (Å²) in [6.45, 7) is 5.03. The smallest absolute Gasteiger partial charge is 0.237 e. The second kappa shape index (κ2) is 6.67. The van der Waals surface area contributed by atoms with Gasteiger partial charge in [0.1, 0.15) is 5.82 Å². The van der Waals surface area contributed by atoms with Crippen molar-refractivity contribution in [2.24, 2.45) is 11.7 Å². The van der Waals surface area contributed by atoms with E-state index in [1.807, 2.05) is 38.1 Å². The SMILES string of the molecule is CC(C)C(N)C(=O)NCCNc1nsc2ccccc12. The maximum absolute atomic E-state index is 11.7. The number of aromatic nitrogens is 1. The summed E-state index contributed by atoms with van der Waals surface area (Å²) in [6, 6.07) is 7.62. The van der Waals surface area contributed by atoms with Crippen molar-refractivity contribution in [2.75, 3.05) is 18.4 Å². The van der Waals surface area contributed by atoms with E-state index < -0.39 is 6.04 Å². The summed E-state index contributed by atoms with van der Waals surface area (Å²) >= 11 is 1.47. The lowest BCUT2D eigenvalue weighted by atomic mass is 10.1. The van der Waals surface area contributed by atoms with Crippen LogP contribution in [0.25, 0.3) is 10.1 Å². The molecule has 1 amide bonds. The molecular formula is C14H20N4OS. The van der Waals surface area contributed by atoms with Gasteiger partial charge in [-0.1, -0.05) is 26.0 Å². The minimum Gasteiger partial charge on any atom is -0.367 e. The number of nitrogens with zero attached hydrogens (tertiary/aromatic N) is 1. The number of carbonyl (C=O) groups excluding carboxylic acids is 1. The van der Waals surface area contributed by atoms with Crippen LogP contribution in [0.5, 0.6) is 0 Å². The molecule has 108 valence electrons. The standard InChI is InChI=1S/C14H20N4OS/c1-9(2)12(15)14(19)17-8-7-16-13-10-5-3-4-6-11(10)20-18-13/h3-6,9,12H,7-8,15H2,1-2H3,(H,16,18)(H,17,19). The Labute approximate surface area is 122 Å². The highest BCUT2D eigenvalue weighted by Crippen LogP contribution is 2.25. The monoisotopic (exact) mass is 292 g/mol. The van der Waals surface area contributed by atoms with Gasteiger partial charge in [-0.3, -0.25) is 4.79 Å². The Kier molecular flexibility index (Phi) is 4.92. The van der Waals surface area contributed by atoms with Crippen LogP contribution in [0.1, 0.15) is 13.8 Å². The molecule has 2 rings (SSSR count). The van der Waals surface area contributed by atoms with Gasteiger partial charge in [0.15, 0.2) is 0 Å². The fourth-order valence-electron chi connectivity index (χ4n) is 1.80. The number of carbonyl (C=O) groups is 1. The quantitative estimate of drug-likeness (QED) is 0.709. The van der Waals surface area contributed by atoms with E-state index in [0.29, 0.717) is 13.1 Å². The number of fused-ring (bicyclic) bond motifs is 1. The van der Waals surface area contributed by atoms with E-state index in [4.69, 9.17) is 5.73 Å². The Bertz CT molecular complexity index is 581. The lowest BCUT2D eigenvalue weighted by Gasteiger charge is -2.15. The van der Waals surface area contributed by atoms with Gasteiger partial charge >= 0.3 is 0 Å². The molecule has 1 aromatic carbocycles. The third-order valence-corrected chi connectivity index (χ3v) is 3.94. The first-order chi connectivity index (χ1) is 9.59. The van der Waals surface area contributed by atoms with Crippen molar-refractivity contribution in [2.45, 2.75) is 19.9 Å². The Morgan fingerprint density at radius 3 is 2.85 bits per heavy atom. The third kappa shape index (κ3) is 3.46. The molecule has 0 aliphatic rings. The van der Waals surface area contributed by atoms with Gasteiger partial charge in [-0.2, -0.15) is 4.37 Å². The Hall–Kier alpha value is -1.66. The van der Waals surface area contributed by atoms with Gasteiger partial charge in [-0.05, 0) is 29.6 Å². The van der Waals surface area contributed by atoms with Gasteiger partial charge in [0.05, 0.1) is 10.7 Å². The molecule has 4 N–H and O–H groups in total. The third-order valence-electron chi connectivity index (χ3n) is 3.12. The predicted octanol–water partition coefficient (Wildman–Crippen LogP) is 1.81. The fraction of sp³-hybridized carbons (Fsp3) is 0.429. The first kappa shape index (κ1) is 14.7. The molecule has 0 radical (unpaired) electrons. The number of nitrogens with two attached hydrogens (primary N) is 1. The summed E-state index contributed by atoms with van der Waals surface area (Å²) in [6.07, 6.45) is 0. The molecule has 5 nitrogen and oxygen atoms in total. The zero-order chi connectivity index (χ0) is 14.5. The molecule has 0 saturated heterocycles. The molecule has 6 heteroatoms. The van der Waals surface area contributed by atoms with E-state index in [9.17, 15) is 4.79 Å². The molecular weight excluding hydrogens is 272 g/mol. The van der Waals surface area contributed by atoms with Gasteiger partial charge < -0.3 is 16.4 Å². The number of rotatable bonds is 6. The van der Waals surface area contributed by atoms with Crippen LogP contribution in [0, 0.1) is 5.92 Å². The molecule has 0 saturated carbocycles. The summed E-state index contributed by atoms with van der Waals surface area (Å²) in [5, 5.41) is 7.17. The number of nitrogens with one attached hydrogen (secondary N) is 2. The second-order valence-electron chi connectivity index (χ2n) is 5.01. The van der Waals surface area contributed by atoms with Gasteiger partial charge in [-0.15, -0.1) is 0 Å². The summed E-state index contributed by atoms with van der Waals surface area (Å²) in [5.41, 5.74) is 5.77. The van der Waals surface area contributed by atoms with Crippen LogP contribution >= 0.6 is 11.5 Å². The first-order valence-electron chi connectivity index (χ1n) is 6.71. The lowest BCUT2D eigenvalue weighted by molar-refractivity contribution is -0.123. The molecule has 0 fully saturated rings. The fourth-order valence-corrected chi connectivity index (χ4v) is 2.56. The highest BCUT2D eigenvalue weighted by molar-refractivity contribution is 7.13. The number of anilines is 1. The molecule has 0 spiro atoms. The van der Waals surface area contributed by atoms with Crippen molar-refractivity contribution in [3.05, 3.63) is 24.3 Å². The number of hydrogen-bond acceptors (Lipinski definition) is 5. The maximum atomic E-state index is 11.7. The van der Waals surface area contributed by atoms with Crippen LogP contribution < -0.4 is 16.4 Å². The number of benzene rings is 1. The van der Waals surface area contributed by atoms with Gasteiger partial charge in [-0.25, -0.2) is 0 Å². The molecule has 20 heavy (non-hydrogen) atoms. The van der Waals surface area contributed by atoms with E-state index in [1.165, 1.54) is 11.5 Å². The zero-order valence-electron chi connectivity index (χ0n) is 11.7. The molecule has 2 aromatic rings. The van der Waals surface area contributed by atoms with Crippen molar-refractivity contribution in [3.63, 3.8) is 0 Å². The Balaban J connectivity index is 1.80. The average molecular weight is 292 g/mol. The van der Waals surface area contributed by atoms with Crippen molar-refractivity contribution in [1.29, 1.82) is 0 Å². The molecule has 1 unspecified atom stereocenters. The van der Waals surface area contributed by atoms with Gasteiger partial charge in [0.25, 0.3) is 0 Å². The number of hydrogen-bond donors (Lipinski definition) is 3. The van der Waals surface area contributed by atoms with Crippen molar-refractivity contribution in [1.82, 2.24) is 9.69 Å². The van der Waals surface area contributed by atoms with E-state index >= 15 is 0 Å². The van der Waals surface area contributed by atoms with Crippen LogP contribution in [0.15, 0.2) is 24.3 Å². The summed E-state index contributed by atoms with van der Waals surface area (Å²) < 4.78 is 5.52. The van der Waals surface area contributed by atoms with Crippen LogP contribution in [-0.2, 0) is 4.79 Å². The van der Waals surface area contributed by atoms with E-state index in [0.717, 1.165) is 15.9 Å². The highest BCUT2D eigenvalue weighted by Gasteiger charge is 2.16. The van der Waals surface area contributed by atoms with Crippen LogP contribution in [-0.4, -0.2) is 29.4 Å². The lowest BCUT2D eigenvalue weighted by Crippen LogP contribution is -2.45. The van der Waals surface area contributed by atoms with Gasteiger partial charge in [0.2, 0.25) is 5.91 Å². The summed E-state index contributed by atoms with van der Waals surface area (Å²) in [4.78, 5) is 11.7. The normalized spacial score (nSPS) is 12.6. The first-order valence-corrected chi connectivity index (χ1v) is 7.48. The topological polar surface area (TPSA) is 80.0 Å². The largest absolute Gasteiger partial charge is 0.367 e. The van der Waals surface area contributed by atoms with Crippen LogP contribution in [0.4, 0.5) is 5.82 Å². The van der Waals surface area contributed by atoms with Gasteiger partial charge in [0, 0.05) is 18.5 Å². The Morgan fingerprint density at radius 2 is 2.10 bits per heavy atom. The second-order valence-corrected chi connectivity index (χ2v) is 5.82. The van der Waals surface area contributed by atoms with E-state index in [1.54, 1.807) is 0 Å². The minimum absolute atomic E-state index is 0.107. The van der Waals surface area contributed by atoms with Crippen LogP contribution in [0.2, 0.25) is 0 Å². The molecule has 0 aliphatic heterocycles. The molecule has 1 aromatic heterocycles. The molecule has 1 heterocycles. The van der Waals surface area contributed by atoms with E-state index in [2.05, 4.69) is 15.0 Å². The average Bonchev–Trinajstić information content (AvgIpc) is 2.85.